The Morgan fingerprint density at radius 2 is 1.26 bits per heavy atom. The summed E-state index contributed by atoms with van der Waals surface area (Å²) in [6.07, 6.45) is -0.816. The number of rotatable bonds is 1. The molecule has 0 aromatic carbocycles. The molecule has 0 unspecified atom stereocenters. The lowest BCUT2D eigenvalue weighted by Crippen LogP contribution is -2.43. The van der Waals surface area contributed by atoms with Crippen LogP contribution in [0.3, 0.4) is 0 Å². The highest BCUT2D eigenvalue weighted by Crippen LogP contribution is 2.21. The van der Waals surface area contributed by atoms with Crippen molar-refractivity contribution < 1.29 is 28.6 Å². The molecule has 1 N–H and O–H groups in total. The van der Waals surface area contributed by atoms with Crippen LogP contribution in [-0.2, 0) is 14.2 Å². The van der Waals surface area contributed by atoms with Crippen LogP contribution in [0, 0.1) is 0 Å². The van der Waals surface area contributed by atoms with Crippen molar-refractivity contribution in [1.82, 2.24) is 15.1 Å². The molecule has 1 heterocycles. The Bertz CT molecular complexity index is 622. The first-order valence-corrected chi connectivity index (χ1v) is 8.69. The number of hydrogen-bond acceptors (Lipinski definition) is 6. The van der Waals surface area contributed by atoms with E-state index >= 15 is 0 Å². The van der Waals surface area contributed by atoms with Gasteiger partial charge in [0.15, 0.2) is 0 Å². The molecule has 1 rings (SSSR count). The van der Waals surface area contributed by atoms with Crippen molar-refractivity contribution in [2.24, 2.45) is 0 Å². The molecular formula is C18H31N3O6. The molecule has 9 nitrogen and oxygen atoms in total. The van der Waals surface area contributed by atoms with E-state index < -0.39 is 35.1 Å². The van der Waals surface area contributed by atoms with Crippen molar-refractivity contribution in [3.05, 3.63) is 12.0 Å². The highest BCUT2D eigenvalue weighted by Gasteiger charge is 2.36. The van der Waals surface area contributed by atoms with Gasteiger partial charge in [-0.25, -0.2) is 19.3 Å². The summed E-state index contributed by atoms with van der Waals surface area (Å²) in [7, 11) is 0. The average molecular weight is 385 g/mol. The van der Waals surface area contributed by atoms with E-state index in [4.69, 9.17) is 14.2 Å². The van der Waals surface area contributed by atoms with E-state index in [1.807, 2.05) is 0 Å². The van der Waals surface area contributed by atoms with E-state index in [1.54, 1.807) is 62.3 Å². The highest BCUT2D eigenvalue weighted by atomic mass is 16.6. The topological polar surface area (TPSA) is 97.4 Å². The van der Waals surface area contributed by atoms with Crippen LogP contribution in [0.4, 0.5) is 14.4 Å². The Morgan fingerprint density at radius 3 is 1.70 bits per heavy atom. The SMILES string of the molecule is CC(C)(C)OC(=O)NC1=CN(C(=O)OC(C)(C)C)CN1C(=O)OC(C)(C)C. The third-order valence-electron chi connectivity index (χ3n) is 2.73. The van der Waals surface area contributed by atoms with Gasteiger partial charge in [0.05, 0.1) is 6.20 Å². The van der Waals surface area contributed by atoms with Crippen LogP contribution in [0.1, 0.15) is 62.3 Å². The summed E-state index contributed by atoms with van der Waals surface area (Å²) in [6.45, 7) is 15.3. The molecule has 27 heavy (non-hydrogen) atoms. The number of nitrogens with one attached hydrogen (secondary N) is 1. The second-order valence-corrected chi connectivity index (χ2v) is 9.14. The fourth-order valence-electron chi connectivity index (χ4n) is 1.90. The maximum Gasteiger partial charge on any atom is 0.417 e. The molecule has 1 aliphatic rings. The lowest BCUT2D eigenvalue weighted by Gasteiger charge is -2.27. The summed E-state index contributed by atoms with van der Waals surface area (Å²) in [6, 6.07) is 0. The lowest BCUT2D eigenvalue weighted by molar-refractivity contribution is 0.0178. The standard InChI is InChI=1S/C18H31N3O6/c1-16(2,3)25-13(22)19-12-10-20(14(23)26-17(4,5)6)11-21(12)15(24)27-18(7,8)9/h10H,11H2,1-9H3,(H,19,22). The molecule has 154 valence electrons. The fourth-order valence-corrected chi connectivity index (χ4v) is 1.90. The number of carbonyl (C=O) groups excluding carboxylic acids is 3. The first-order valence-electron chi connectivity index (χ1n) is 8.69. The molecule has 0 saturated heterocycles. The zero-order valence-corrected chi connectivity index (χ0v) is 17.6. The quantitative estimate of drug-likeness (QED) is 0.690. The maximum absolute atomic E-state index is 12.5. The molecule has 0 atom stereocenters. The van der Waals surface area contributed by atoms with Gasteiger partial charge in [0.1, 0.15) is 29.3 Å². The number of alkyl carbamates (subject to hydrolysis) is 1. The molecule has 0 radical (unpaired) electrons. The number of nitrogens with zero attached hydrogens (tertiary/aromatic N) is 2. The van der Waals surface area contributed by atoms with E-state index in [2.05, 4.69) is 5.32 Å². The first-order chi connectivity index (χ1) is 12.0. The Kier molecular flexibility index (Phi) is 6.41. The van der Waals surface area contributed by atoms with Crippen LogP contribution >= 0.6 is 0 Å². The first kappa shape index (κ1) is 22.6. The molecule has 0 spiro atoms. The molecule has 1 aliphatic heterocycles. The van der Waals surface area contributed by atoms with Crippen LogP contribution in [-0.4, -0.2) is 51.6 Å². The molecule has 0 aromatic heterocycles. The largest absolute Gasteiger partial charge is 0.444 e. The summed E-state index contributed by atoms with van der Waals surface area (Å²) in [5.41, 5.74) is -2.17. The van der Waals surface area contributed by atoms with Gasteiger partial charge in [-0.1, -0.05) is 0 Å². The predicted molar refractivity (Wildman–Crippen MR) is 98.5 cm³/mol. The van der Waals surface area contributed by atoms with Gasteiger partial charge in [-0.3, -0.25) is 10.2 Å². The van der Waals surface area contributed by atoms with Gasteiger partial charge in [-0.2, -0.15) is 0 Å². The smallest absolute Gasteiger partial charge is 0.417 e. The van der Waals surface area contributed by atoms with Gasteiger partial charge in [0.25, 0.3) is 0 Å². The van der Waals surface area contributed by atoms with Gasteiger partial charge in [-0.05, 0) is 62.3 Å². The van der Waals surface area contributed by atoms with Crippen LogP contribution in [0.15, 0.2) is 12.0 Å². The van der Waals surface area contributed by atoms with Gasteiger partial charge in [0, 0.05) is 0 Å². The van der Waals surface area contributed by atoms with Crippen molar-refractivity contribution >= 4 is 18.3 Å². The van der Waals surface area contributed by atoms with E-state index in [9.17, 15) is 14.4 Å². The minimum atomic E-state index is -0.756. The summed E-state index contributed by atoms with van der Waals surface area (Å²) < 4.78 is 15.8. The normalized spacial score (nSPS) is 15.2. The third kappa shape index (κ3) is 8.19. The molecule has 0 fully saturated rings. The maximum atomic E-state index is 12.5. The second kappa shape index (κ2) is 7.66. The Hall–Kier alpha value is -2.45. The number of amides is 3. The van der Waals surface area contributed by atoms with Gasteiger partial charge in [0.2, 0.25) is 0 Å². The molecule has 9 heteroatoms. The van der Waals surface area contributed by atoms with Crippen LogP contribution in [0.2, 0.25) is 0 Å². The highest BCUT2D eigenvalue weighted by molar-refractivity contribution is 5.78. The zero-order valence-electron chi connectivity index (χ0n) is 17.6. The van der Waals surface area contributed by atoms with Gasteiger partial charge >= 0.3 is 18.3 Å². The Labute approximate surface area is 160 Å². The van der Waals surface area contributed by atoms with Crippen LogP contribution < -0.4 is 5.32 Å². The van der Waals surface area contributed by atoms with Crippen molar-refractivity contribution in [2.45, 2.75) is 79.1 Å². The van der Waals surface area contributed by atoms with Crippen LogP contribution in [0.5, 0.6) is 0 Å². The second-order valence-electron chi connectivity index (χ2n) is 9.14. The molecule has 0 aromatic rings. The number of ether oxygens (including phenoxy) is 3. The minimum absolute atomic E-state index is 0.0596. The van der Waals surface area contributed by atoms with E-state index in [1.165, 1.54) is 11.1 Å². The summed E-state index contributed by atoms with van der Waals surface area (Å²) in [5, 5.41) is 2.48. The molecule has 0 saturated carbocycles. The van der Waals surface area contributed by atoms with Crippen molar-refractivity contribution in [2.75, 3.05) is 6.67 Å². The predicted octanol–water partition coefficient (Wildman–Crippen LogP) is 3.76. The average Bonchev–Trinajstić information content (AvgIpc) is 2.76. The molecular weight excluding hydrogens is 354 g/mol. The molecule has 0 aliphatic carbocycles. The van der Waals surface area contributed by atoms with E-state index in [-0.39, 0.29) is 12.5 Å². The summed E-state index contributed by atoms with van der Waals surface area (Å²) >= 11 is 0. The monoisotopic (exact) mass is 385 g/mol. The summed E-state index contributed by atoms with van der Waals surface area (Å²) in [4.78, 5) is 39.2. The van der Waals surface area contributed by atoms with Crippen molar-refractivity contribution in [3.8, 4) is 0 Å². The minimum Gasteiger partial charge on any atom is -0.444 e. The zero-order chi connectivity index (χ0) is 21.2. The van der Waals surface area contributed by atoms with Crippen molar-refractivity contribution in [1.29, 1.82) is 0 Å². The third-order valence-corrected chi connectivity index (χ3v) is 2.73. The summed E-state index contributed by atoms with van der Waals surface area (Å²) in [5.74, 6) is 0.0596. The lowest BCUT2D eigenvalue weighted by atomic mass is 10.2. The molecule has 0 bridgehead atoms. The van der Waals surface area contributed by atoms with Crippen LogP contribution in [0.25, 0.3) is 0 Å². The Morgan fingerprint density at radius 1 is 0.815 bits per heavy atom. The number of hydrogen-bond donors (Lipinski definition) is 1. The van der Waals surface area contributed by atoms with E-state index in [0.717, 1.165) is 4.90 Å². The molecule has 3 amide bonds. The van der Waals surface area contributed by atoms with Gasteiger partial charge in [-0.15, -0.1) is 0 Å². The van der Waals surface area contributed by atoms with Gasteiger partial charge < -0.3 is 14.2 Å². The van der Waals surface area contributed by atoms with Crippen molar-refractivity contribution in [3.63, 3.8) is 0 Å². The number of carbonyl (C=O) groups is 3. The fraction of sp³-hybridized carbons (Fsp3) is 0.722. The van der Waals surface area contributed by atoms with E-state index in [0.29, 0.717) is 0 Å². The Balaban J connectivity index is 3.00.